The lowest BCUT2D eigenvalue weighted by Crippen LogP contribution is -2.27. The van der Waals surface area contributed by atoms with Gasteiger partial charge in [-0.15, -0.1) is 10.1 Å². The molecule has 1 unspecified atom stereocenters. The van der Waals surface area contributed by atoms with E-state index < -0.39 is 6.23 Å². The maximum absolute atomic E-state index is 8.83. The van der Waals surface area contributed by atoms with Crippen molar-refractivity contribution in [1.82, 2.24) is 5.06 Å². The van der Waals surface area contributed by atoms with E-state index in [2.05, 4.69) is 4.99 Å². The van der Waals surface area contributed by atoms with Gasteiger partial charge in [-0.2, -0.15) is 0 Å². The van der Waals surface area contributed by atoms with Crippen LogP contribution in [0.5, 0.6) is 0 Å². The molecule has 0 amide bonds. The van der Waals surface area contributed by atoms with Gasteiger partial charge in [-0.25, -0.2) is 5.26 Å². The van der Waals surface area contributed by atoms with E-state index in [4.69, 9.17) is 10.4 Å². The molecule has 1 aliphatic heterocycles. The van der Waals surface area contributed by atoms with Gasteiger partial charge in [0.05, 0.1) is 0 Å². The highest BCUT2D eigenvalue weighted by atomic mass is 17.2. The average molecular weight is 119 g/mol. The molecule has 0 aromatic carbocycles. The van der Waals surface area contributed by atoms with E-state index in [1.807, 2.05) is 0 Å². The first-order valence-electron chi connectivity index (χ1n) is 2.61. The molecule has 1 fully saturated rings. The van der Waals surface area contributed by atoms with Crippen LogP contribution in [0.3, 0.4) is 0 Å². The fourth-order valence-corrected chi connectivity index (χ4v) is 0.818. The molecule has 2 N–H and O–H groups in total. The van der Waals surface area contributed by atoms with Gasteiger partial charge in [0.1, 0.15) is 6.23 Å². The highest BCUT2D eigenvalue weighted by Gasteiger charge is 2.22. The van der Waals surface area contributed by atoms with Crippen LogP contribution in [0.1, 0.15) is 12.8 Å². The summed E-state index contributed by atoms with van der Waals surface area (Å²) in [6, 6.07) is 0. The van der Waals surface area contributed by atoms with Crippen molar-refractivity contribution in [2.24, 2.45) is 0 Å². The smallest absolute Gasteiger partial charge is 0.132 e. The van der Waals surface area contributed by atoms with Crippen LogP contribution in [0.15, 0.2) is 0 Å². The summed E-state index contributed by atoms with van der Waals surface area (Å²) in [7, 11) is 0. The van der Waals surface area contributed by atoms with Crippen LogP contribution in [0.2, 0.25) is 0 Å². The normalized spacial score (nSPS) is 31.5. The maximum atomic E-state index is 8.83. The standard InChI is InChI=1S/C4H9NO3/c6-4-2-1-3-5(4)8-7/h4,6-7H,1-3H2. The minimum Gasteiger partial charge on any atom is -0.376 e. The van der Waals surface area contributed by atoms with Gasteiger partial charge >= 0.3 is 0 Å². The number of hydroxylamine groups is 2. The second kappa shape index (κ2) is 2.41. The third kappa shape index (κ3) is 0.976. The largest absolute Gasteiger partial charge is 0.376 e. The molecule has 1 rings (SSSR count). The quantitative estimate of drug-likeness (QED) is 0.371. The molecular weight excluding hydrogens is 110 g/mol. The first-order chi connectivity index (χ1) is 3.84. The lowest BCUT2D eigenvalue weighted by atomic mass is 10.4. The van der Waals surface area contributed by atoms with Crippen LogP contribution in [-0.4, -0.2) is 28.2 Å². The van der Waals surface area contributed by atoms with E-state index in [-0.39, 0.29) is 0 Å². The van der Waals surface area contributed by atoms with E-state index in [9.17, 15) is 0 Å². The molecule has 4 nitrogen and oxygen atoms in total. The molecule has 1 saturated heterocycles. The first kappa shape index (κ1) is 5.97. The van der Waals surface area contributed by atoms with Crippen molar-refractivity contribution in [3.05, 3.63) is 0 Å². The summed E-state index contributed by atoms with van der Waals surface area (Å²) in [4.78, 5) is 3.81. The summed E-state index contributed by atoms with van der Waals surface area (Å²) < 4.78 is 0. The summed E-state index contributed by atoms with van der Waals surface area (Å²) in [5.74, 6) is 0. The number of aliphatic hydroxyl groups excluding tert-OH is 1. The number of hydrogen-bond donors (Lipinski definition) is 2. The van der Waals surface area contributed by atoms with Crippen LogP contribution < -0.4 is 0 Å². The Labute approximate surface area is 47.2 Å². The Kier molecular flexibility index (Phi) is 1.80. The summed E-state index contributed by atoms with van der Waals surface area (Å²) >= 11 is 0. The van der Waals surface area contributed by atoms with Crippen LogP contribution in [0.25, 0.3) is 0 Å². The van der Waals surface area contributed by atoms with E-state index in [1.165, 1.54) is 0 Å². The Morgan fingerprint density at radius 1 is 1.62 bits per heavy atom. The molecule has 8 heavy (non-hydrogen) atoms. The highest BCUT2D eigenvalue weighted by molar-refractivity contribution is 4.61. The molecule has 4 heteroatoms. The van der Waals surface area contributed by atoms with E-state index in [0.717, 1.165) is 11.5 Å². The van der Waals surface area contributed by atoms with Gasteiger partial charge in [-0.1, -0.05) is 0 Å². The van der Waals surface area contributed by atoms with E-state index in [1.54, 1.807) is 0 Å². The highest BCUT2D eigenvalue weighted by Crippen LogP contribution is 2.12. The van der Waals surface area contributed by atoms with Crippen molar-refractivity contribution >= 4 is 0 Å². The SMILES string of the molecule is OON1CCCC1O. The van der Waals surface area contributed by atoms with Gasteiger partial charge in [0.25, 0.3) is 0 Å². The van der Waals surface area contributed by atoms with Crippen molar-refractivity contribution < 1.29 is 15.4 Å². The number of hydrogen-bond acceptors (Lipinski definition) is 4. The summed E-state index contributed by atoms with van der Waals surface area (Å²) in [5, 5.41) is 18.0. The average Bonchev–Trinajstić information content (AvgIpc) is 2.14. The Bertz CT molecular complexity index is 77.7. The molecule has 1 aliphatic rings. The molecule has 0 aromatic rings. The van der Waals surface area contributed by atoms with Gasteiger partial charge in [-0.3, -0.25) is 0 Å². The molecule has 1 heterocycles. The molecule has 48 valence electrons. The second-order valence-corrected chi connectivity index (χ2v) is 1.85. The van der Waals surface area contributed by atoms with Crippen molar-refractivity contribution in [3.8, 4) is 0 Å². The third-order valence-corrected chi connectivity index (χ3v) is 1.28. The second-order valence-electron chi connectivity index (χ2n) is 1.85. The van der Waals surface area contributed by atoms with Crippen LogP contribution in [0.4, 0.5) is 0 Å². The zero-order chi connectivity index (χ0) is 5.98. The Morgan fingerprint density at radius 2 is 2.38 bits per heavy atom. The molecule has 0 aromatic heterocycles. The van der Waals surface area contributed by atoms with Crippen molar-refractivity contribution in [3.63, 3.8) is 0 Å². The van der Waals surface area contributed by atoms with Crippen molar-refractivity contribution in [2.45, 2.75) is 19.1 Å². The molecule has 1 atom stereocenters. The van der Waals surface area contributed by atoms with Gasteiger partial charge in [0.15, 0.2) is 0 Å². The Hall–Kier alpha value is -0.160. The Balaban J connectivity index is 2.30. The van der Waals surface area contributed by atoms with E-state index in [0.29, 0.717) is 13.0 Å². The summed E-state index contributed by atoms with van der Waals surface area (Å²) in [5.41, 5.74) is 0. The Morgan fingerprint density at radius 3 is 2.62 bits per heavy atom. The number of aliphatic hydroxyl groups is 1. The monoisotopic (exact) mass is 119 g/mol. The molecule has 0 radical (unpaired) electrons. The van der Waals surface area contributed by atoms with E-state index >= 15 is 0 Å². The zero-order valence-corrected chi connectivity index (χ0v) is 4.45. The fourth-order valence-electron chi connectivity index (χ4n) is 0.818. The predicted molar refractivity (Wildman–Crippen MR) is 25.7 cm³/mol. The van der Waals surface area contributed by atoms with Crippen molar-refractivity contribution in [1.29, 1.82) is 0 Å². The summed E-state index contributed by atoms with van der Waals surface area (Å²) in [6.45, 7) is 0.609. The van der Waals surface area contributed by atoms with Gasteiger partial charge < -0.3 is 5.11 Å². The lowest BCUT2D eigenvalue weighted by Gasteiger charge is -2.12. The molecule has 0 spiro atoms. The topological polar surface area (TPSA) is 52.9 Å². The number of nitrogens with zero attached hydrogens (tertiary/aromatic N) is 1. The maximum Gasteiger partial charge on any atom is 0.132 e. The predicted octanol–water partition coefficient (Wildman–Crippen LogP) is -0.195. The first-order valence-corrected chi connectivity index (χ1v) is 2.61. The molecule has 0 bridgehead atoms. The van der Waals surface area contributed by atoms with Gasteiger partial charge in [0, 0.05) is 6.54 Å². The zero-order valence-electron chi connectivity index (χ0n) is 4.45. The lowest BCUT2D eigenvalue weighted by molar-refractivity contribution is -0.417. The number of rotatable bonds is 1. The van der Waals surface area contributed by atoms with Gasteiger partial charge in [-0.05, 0) is 12.8 Å². The molecule has 0 saturated carbocycles. The van der Waals surface area contributed by atoms with Gasteiger partial charge in [0.2, 0.25) is 0 Å². The minimum absolute atomic E-state index is 0.609. The van der Waals surface area contributed by atoms with Crippen LogP contribution in [-0.2, 0) is 4.99 Å². The van der Waals surface area contributed by atoms with Crippen LogP contribution in [0, 0.1) is 0 Å². The third-order valence-electron chi connectivity index (χ3n) is 1.28. The van der Waals surface area contributed by atoms with Crippen LogP contribution >= 0.6 is 0 Å². The molecule has 0 aliphatic carbocycles. The fraction of sp³-hybridized carbons (Fsp3) is 1.00. The summed E-state index contributed by atoms with van der Waals surface area (Å²) in [6.07, 6.45) is 0.947. The van der Waals surface area contributed by atoms with Crippen molar-refractivity contribution in [2.75, 3.05) is 6.54 Å². The minimum atomic E-state index is -0.611. The molecular formula is C4H9NO3.